The Balaban J connectivity index is 1.24. The first-order valence-corrected chi connectivity index (χ1v) is 16.2. The van der Waals surface area contributed by atoms with Crippen LogP contribution in [0.25, 0.3) is 65.3 Å². The van der Waals surface area contributed by atoms with Crippen molar-refractivity contribution in [1.82, 2.24) is 0 Å². The highest BCUT2D eigenvalue weighted by atomic mass is 15.1. The van der Waals surface area contributed by atoms with Crippen LogP contribution in [0.15, 0.2) is 188 Å². The quantitative estimate of drug-likeness (QED) is 0.178. The van der Waals surface area contributed by atoms with Gasteiger partial charge in [0.05, 0.1) is 5.69 Å². The normalized spacial score (nSPS) is 11.4. The second kappa shape index (κ2) is 11.3. The lowest BCUT2D eigenvalue weighted by molar-refractivity contribution is 1.29. The van der Waals surface area contributed by atoms with Crippen LogP contribution >= 0.6 is 0 Å². The van der Waals surface area contributed by atoms with Gasteiger partial charge in [0, 0.05) is 16.9 Å². The standard InChI is InChI=1S/C46H31N/c1-2-13-33(14-3-1)40-18-10-11-21-45(40)47(39-28-22-32-12-4-5-16-36(32)30-39)38-26-23-35(24-27-38)44-31-37-17-7-9-20-42(37)46-41-19-8-6-15-34(41)25-29-43(44)46/h1-31H. The summed E-state index contributed by atoms with van der Waals surface area (Å²) in [5, 5.41) is 10.1. The van der Waals surface area contributed by atoms with E-state index in [4.69, 9.17) is 0 Å². The molecule has 0 radical (unpaired) electrons. The number of nitrogens with zero attached hydrogens (tertiary/aromatic N) is 1. The fourth-order valence-corrected chi connectivity index (χ4v) is 7.17. The van der Waals surface area contributed by atoms with Crippen molar-refractivity contribution in [3.05, 3.63) is 188 Å². The number of para-hydroxylation sites is 1. The molecule has 0 aliphatic rings. The van der Waals surface area contributed by atoms with Crippen LogP contribution in [-0.2, 0) is 0 Å². The Kier molecular flexibility index (Phi) is 6.54. The molecule has 0 aliphatic heterocycles. The summed E-state index contributed by atoms with van der Waals surface area (Å²) < 4.78 is 0. The third-order valence-corrected chi connectivity index (χ3v) is 9.41. The molecule has 0 atom stereocenters. The maximum Gasteiger partial charge on any atom is 0.0540 e. The van der Waals surface area contributed by atoms with Gasteiger partial charge in [0.25, 0.3) is 0 Å². The van der Waals surface area contributed by atoms with Gasteiger partial charge in [-0.05, 0) is 96.2 Å². The first kappa shape index (κ1) is 27.2. The van der Waals surface area contributed by atoms with E-state index in [2.05, 4.69) is 193 Å². The molecule has 0 amide bonds. The van der Waals surface area contributed by atoms with Gasteiger partial charge in [0.2, 0.25) is 0 Å². The lowest BCUT2D eigenvalue weighted by Gasteiger charge is -2.28. The van der Waals surface area contributed by atoms with Gasteiger partial charge < -0.3 is 4.90 Å². The average molecular weight is 598 g/mol. The number of hydrogen-bond donors (Lipinski definition) is 0. The van der Waals surface area contributed by atoms with Crippen molar-refractivity contribution in [2.75, 3.05) is 4.90 Å². The summed E-state index contributed by atoms with van der Waals surface area (Å²) in [5.74, 6) is 0. The third-order valence-electron chi connectivity index (χ3n) is 9.41. The van der Waals surface area contributed by atoms with Gasteiger partial charge >= 0.3 is 0 Å². The van der Waals surface area contributed by atoms with Gasteiger partial charge in [-0.3, -0.25) is 0 Å². The Morgan fingerprint density at radius 3 is 1.68 bits per heavy atom. The fraction of sp³-hybridized carbons (Fsp3) is 0. The van der Waals surface area contributed by atoms with Gasteiger partial charge in [-0.1, -0.05) is 152 Å². The number of fused-ring (bicyclic) bond motifs is 6. The summed E-state index contributed by atoms with van der Waals surface area (Å²) >= 11 is 0. The average Bonchev–Trinajstić information content (AvgIpc) is 3.15. The highest BCUT2D eigenvalue weighted by Gasteiger charge is 2.18. The topological polar surface area (TPSA) is 3.24 Å². The molecule has 0 spiro atoms. The predicted octanol–water partition coefficient (Wildman–Crippen LogP) is 13.1. The van der Waals surface area contributed by atoms with Gasteiger partial charge in [0.1, 0.15) is 0 Å². The zero-order chi connectivity index (χ0) is 31.2. The van der Waals surface area contributed by atoms with E-state index in [0.29, 0.717) is 0 Å². The SMILES string of the molecule is c1ccc(-c2ccccc2N(c2ccc(-c3cc4ccccc4c4c3ccc3ccccc34)cc2)c2ccc3ccccc3c2)cc1. The molecule has 9 rings (SSSR count). The molecule has 47 heavy (non-hydrogen) atoms. The van der Waals surface area contributed by atoms with Crippen LogP contribution in [0.1, 0.15) is 0 Å². The molecule has 0 unspecified atom stereocenters. The third kappa shape index (κ3) is 4.72. The fourth-order valence-electron chi connectivity index (χ4n) is 7.17. The van der Waals surface area contributed by atoms with Crippen LogP contribution < -0.4 is 4.90 Å². The first-order valence-electron chi connectivity index (χ1n) is 16.2. The summed E-state index contributed by atoms with van der Waals surface area (Å²) in [7, 11) is 0. The van der Waals surface area contributed by atoms with Gasteiger partial charge in [0.15, 0.2) is 0 Å². The molecule has 0 aliphatic carbocycles. The van der Waals surface area contributed by atoms with Gasteiger partial charge in [-0.2, -0.15) is 0 Å². The van der Waals surface area contributed by atoms with E-state index in [1.54, 1.807) is 0 Å². The highest BCUT2D eigenvalue weighted by Crippen LogP contribution is 2.43. The minimum absolute atomic E-state index is 1.11. The smallest absolute Gasteiger partial charge is 0.0540 e. The first-order chi connectivity index (χ1) is 23.3. The molecule has 0 bridgehead atoms. The number of rotatable bonds is 5. The van der Waals surface area contributed by atoms with Gasteiger partial charge in [-0.25, -0.2) is 0 Å². The monoisotopic (exact) mass is 597 g/mol. The van der Waals surface area contributed by atoms with Crippen LogP contribution in [0.2, 0.25) is 0 Å². The second-order valence-corrected chi connectivity index (χ2v) is 12.2. The Labute approximate surface area is 274 Å². The molecule has 1 heteroatoms. The molecule has 220 valence electrons. The van der Waals surface area contributed by atoms with Crippen LogP contribution in [0, 0.1) is 0 Å². The van der Waals surface area contributed by atoms with Crippen molar-refractivity contribution < 1.29 is 0 Å². The van der Waals surface area contributed by atoms with E-state index in [1.165, 1.54) is 65.3 Å². The van der Waals surface area contributed by atoms with E-state index in [0.717, 1.165) is 17.1 Å². The molecule has 0 aromatic heterocycles. The second-order valence-electron chi connectivity index (χ2n) is 12.2. The Bertz CT molecular complexity index is 2550. The summed E-state index contributed by atoms with van der Waals surface area (Å²) in [6.45, 7) is 0. The van der Waals surface area contributed by atoms with Crippen molar-refractivity contribution in [2.24, 2.45) is 0 Å². The van der Waals surface area contributed by atoms with E-state index >= 15 is 0 Å². The van der Waals surface area contributed by atoms with Crippen molar-refractivity contribution in [2.45, 2.75) is 0 Å². The minimum atomic E-state index is 1.11. The lowest BCUT2D eigenvalue weighted by atomic mass is 9.90. The van der Waals surface area contributed by atoms with Crippen LogP contribution in [-0.4, -0.2) is 0 Å². The number of hydrogen-bond acceptors (Lipinski definition) is 1. The molecule has 0 saturated carbocycles. The zero-order valence-electron chi connectivity index (χ0n) is 25.8. The molecule has 0 heterocycles. The maximum absolute atomic E-state index is 2.39. The summed E-state index contributed by atoms with van der Waals surface area (Å²) in [5.41, 5.74) is 8.22. The Morgan fingerprint density at radius 2 is 0.872 bits per heavy atom. The summed E-state index contributed by atoms with van der Waals surface area (Å²) in [4.78, 5) is 2.39. The molecule has 0 fully saturated rings. The number of anilines is 3. The van der Waals surface area contributed by atoms with Crippen LogP contribution in [0.3, 0.4) is 0 Å². The molecule has 1 nitrogen and oxygen atoms in total. The van der Waals surface area contributed by atoms with E-state index in [9.17, 15) is 0 Å². The molecular weight excluding hydrogens is 567 g/mol. The number of benzene rings is 9. The van der Waals surface area contributed by atoms with E-state index in [-0.39, 0.29) is 0 Å². The zero-order valence-corrected chi connectivity index (χ0v) is 25.8. The van der Waals surface area contributed by atoms with Gasteiger partial charge in [-0.15, -0.1) is 0 Å². The largest absolute Gasteiger partial charge is 0.310 e. The summed E-state index contributed by atoms with van der Waals surface area (Å²) in [6.07, 6.45) is 0. The molecule has 9 aromatic rings. The van der Waals surface area contributed by atoms with Crippen molar-refractivity contribution in [1.29, 1.82) is 0 Å². The highest BCUT2D eigenvalue weighted by molar-refractivity contribution is 6.24. The van der Waals surface area contributed by atoms with Crippen molar-refractivity contribution in [3.63, 3.8) is 0 Å². The van der Waals surface area contributed by atoms with E-state index in [1.807, 2.05) is 0 Å². The predicted molar refractivity (Wildman–Crippen MR) is 202 cm³/mol. The Morgan fingerprint density at radius 1 is 0.298 bits per heavy atom. The minimum Gasteiger partial charge on any atom is -0.310 e. The van der Waals surface area contributed by atoms with Crippen LogP contribution in [0.5, 0.6) is 0 Å². The summed E-state index contributed by atoms with van der Waals surface area (Å²) in [6, 6.07) is 68.2. The molecule has 9 aromatic carbocycles. The lowest BCUT2D eigenvalue weighted by Crippen LogP contribution is -2.11. The van der Waals surface area contributed by atoms with E-state index < -0.39 is 0 Å². The maximum atomic E-state index is 2.39. The van der Waals surface area contributed by atoms with Crippen molar-refractivity contribution >= 4 is 60.2 Å². The van der Waals surface area contributed by atoms with Crippen molar-refractivity contribution in [3.8, 4) is 22.3 Å². The molecular formula is C46H31N. The van der Waals surface area contributed by atoms with Crippen LogP contribution in [0.4, 0.5) is 17.1 Å². The molecule has 0 N–H and O–H groups in total. The Hall–Kier alpha value is -6.18. The molecule has 0 saturated heterocycles.